The molecular weight excluding hydrogens is 476 g/mol. The second-order valence-electron chi connectivity index (χ2n) is 7.26. The molecule has 0 aliphatic carbocycles. The van der Waals surface area contributed by atoms with Gasteiger partial charge in [0.2, 0.25) is 0 Å². The number of hydrogen-bond donors (Lipinski definition) is 1. The zero-order valence-corrected chi connectivity index (χ0v) is 18.7. The maximum absolute atomic E-state index is 12.8. The first-order valence-corrected chi connectivity index (χ1v) is 10.6. The van der Waals surface area contributed by atoms with Crippen molar-refractivity contribution in [3.8, 4) is 5.75 Å². The Bertz CT molecular complexity index is 1220. The summed E-state index contributed by atoms with van der Waals surface area (Å²) in [5.74, 6) is -0.375. The minimum atomic E-state index is -0.783. The standard InChI is InChI=1S/C24H19BrN2O5/c1-15-4-2-5-17(10-15)14-32-21-8-7-16(12-20(21)25)11-19-22(28)26-24(30)27(23(19)29)13-18-6-3-9-31-18/h2-12H,13-14H2,1H3,(H,26,28,30)/b19-11+. The van der Waals surface area contributed by atoms with E-state index in [0.29, 0.717) is 28.2 Å². The fourth-order valence-electron chi connectivity index (χ4n) is 3.25. The number of hydrogen-bond acceptors (Lipinski definition) is 5. The van der Waals surface area contributed by atoms with Crippen molar-refractivity contribution in [1.82, 2.24) is 10.2 Å². The molecule has 0 atom stereocenters. The van der Waals surface area contributed by atoms with Crippen LogP contribution in [0, 0.1) is 6.92 Å². The number of imide groups is 2. The number of rotatable bonds is 6. The van der Waals surface area contributed by atoms with Crippen LogP contribution in [0.2, 0.25) is 0 Å². The molecule has 8 heteroatoms. The lowest BCUT2D eigenvalue weighted by atomic mass is 10.1. The summed E-state index contributed by atoms with van der Waals surface area (Å²) in [6.07, 6.45) is 2.89. The molecule has 0 saturated carbocycles. The molecule has 3 aromatic rings. The summed E-state index contributed by atoms with van der Waals surface area (Å²) in [6.45, 7) is 2.36. The van der Waals surface area contributed by atoms with Crippen LogP contribution in [0.5, 0.6) is 5.75 Å². The molecular formula is C24H19BrN2O5. The first-order chi connectivity index (χ1) is 15.4. The van der Waals surface area contributed by atoms with Gasteiger partial charge in [0.05, 0.1) is 17.3 Å². The van der Waals surface area contributed by atoms with Crippen LogP contribution in [-0.2, 0) is 22.7 Å². The van der Waals surface area contributed by atoms with Gasteiger partial charge in [-0.25, -0.2) is 4.79 Å². The van der Waals surface area contributed by atoms with Crippen molar-refractivity contribution < 1.29 is 23.5 Å². The zero-order chi connectivity index (χ0) is 22.7. The second kappa shape index (κ2) is 9.23. The Labute approximate surface area is 192 Å². The van der Waals surface area contributed by atoms with Gasteiger partial charge in [-0.2, -0.15) is 0 Å². The zero-order valence-electron chi connectivity index (χ0n) is 17.1. The third-order valence-electron chi connectivity index (χ3n) is 4.82. The number of carbonyl (C=O) groups excluding carboxylic acids is 3. The number of ether oxygens (including phenoxy) is 1. The largest absolute Gasteiger partial charge is 0.488 e. The Kier molecular flexibility index (Phi) is 6.23. The molecule has 4 rings (SSSR count). The second-order valence-corrected chi connectivity index (χ2v) is 8.11. The highest BCUT2D eigenvalue weighted by Gasteiger charge is 2.36. The Morgan fingerprint density at radius 3 is 2.66 bits per heavy atom. The van der Waals surface area contributed by atoms with Crippen molar-refractivity contribution in [2.45, 2.75) is 20.1 Å². The third-order valence-corrected chi connectivity index (χ3v) is 5.44. The molecule has 162 valence electrons. The lowest BCUT2D eigenvalue weighted by molar-refractivity contribution is -0.130. The van der Waals surface area contributed by atoms with Crippen molar-refractivity contribution >= 4 is 39.9 Å². The fraction of sp³-hybridized carbons (Fsp3) is 0.125. The Morgan fingerprint density at radius 2 is 1.94 bits per heavy atom. The maximum atomic E-state index is 12.8. The maximum Gasteiger partial charge on any atom is 0.331 e. The highest BCUT2D eigenvalue weighted by atomic mass is 79.9. The van der Waals surface area contributed by atoms with Gasteiger partial charge >= 0.3 is 6.03 Å². The highest BCUT2D eigenvalue weighted by Crippen LogP contribution is 2.28. The van der Waals surface area contributed by atoms with E-state index in [1.54, 1.807) is 30.3 Å². The monoisotopic (exact) mass is 494 g/mol. The number of nitrogens with zero attached hydrogens (tertiary/aromatic N) is 1. The Balaban J connectivity index is 1.51. The van der Waals surface area contributed by atoms with Gasteiger partial charge in [-0.05, 0) is 64.3 Å². The number of benzene rings is 2. The van der Waals surface area contributed by atoms with Crippen molar-refractivity contribution in [3.63, 3.8) is 0 Å². The van der Waals surface area contributed by atoms with Gasteiger partial charge in [0.25, 0.3) is 11.8 Å². The van der Waals surface area contributed by atoms with Crippen LogP contribution in [0.1, 0.15) is 22.5 Å². The molecule has 32 heavy (non-hydrogen) atoms. The van der Waals surface area contributed by atoms with Crippen LogP contribution in [0.25, 0.3) is 6.08 Å². The molecule has 1 aromatic heterocycles. The number of amides is 4. The summed E-state index contributed by atoms with van der Waals surface area (Å²) in [6, 6.07) is 15.8. The SMILES string of the molecule is Cc1cccc(COc2ccc(/C=C3\C(=O)NC(=O)N(Cc4ccco4)C3=O)cc2Br)c1. The number of aryl methyl sites for hydroxylation is 1. The smallest absolute Gasteiger partial charge is 0.331 e. The van der Waals surface area contributed by atoms with Gasteiger partial charge in [0.15, 0.2) is 0 Å². The van der Waals surface area contributed by atoms with Crippen LogP contribution in [0.3, 0.4) is 0 Å². The van der Waals surface area contributed by atoms with Crippen LogP contribution >= 0.6 is 15.9 Å². The van der Waals surface area contributed by atoms with E-state index >= 15 is 0 Å². The average Bonchev–Trinajstić information content (AvgIpc) is 3.27. The van der Waals surface area contributed by atoms with Crippen molar-refractivity contribution in [2.75, 3.05) is 0 Å². The summed E-state index contributed by atoms with van der Waals surface area (Å²) >= 11 is 3.47. The number of barbiturate groups is 1. The normalized spacial score (nSPS) is 15.2. The molecule has 1 aliphatic rings. The van der Waals surface area contributed by atoms with E-state index in [4.69, 9.17) is 9.15 Å². The van der Waals surface area contributed by atoms with Crippen LogP contribution in [0.15, 0.2) is 75.3 Å². The van der Waals surface area contributed by atoms with Crippen molar-refractivity contribution in [2.24, 2.45) is 0 Å². The number of nitrogens with one attached hydrogen (secondary N) is 1. The van der Waals surface area contributed by atoms with Crippen molar-refractivity contribution in [1.29, 1.82) is 0 Å². The van der Waals surface area contributed by atoms with Gasteiger partial charge in [0.1, 0.15) is 23.7 Å². The van der Waals surface area contributed by atoms with E-state index < -0.39 is 17.8 Å². The van der Waals surface area contributed by atoms with Gasteiger partial charge in [-0.3, -0.25) is 19.8 Å². The molecule has 1 saturated heterocycles. The van der Waals surface area contributed by atoms with Crippen LogP contribution in [-0.4, -0.2) is 22.7 Å². The average molecular weight is 495 g/mol. The molecule has 2 aromatic carbocycles. The summed E-state index contributed by atoms with van der Waals surface area (Å²) in [7, 11) is 0. The van der Waals surface area contributed by atoms with E-state index in [1.165, 1.54) is 12.3 Å². The summed E-state index contributed by atoms with van der Waals surface area (Å²) < 4.78 is 11.8. The van der Waals surface area contributed by atoms with Crippen LogP contribution in [0.4, 0.5) is 4.79 Å². The van der Waals surface area contributed by atoms with Crippen LogP contribution < -0.4 is 10.1 Å². The van der Waals surface area contributed by atoms with E-state index in [-0.39, 0.29) is 12.1 Å². The van der Waals surface area contributed by atoms with E-state index in [0.717, 1.165) is 16.0 Å². The minimum Gasteiger partial charge on any atom is -0.488 e. The first kappa shape index (κ1) is 21.6. The molecule has 2 heterocycles. The quantitative estimate of drug-likeness (QED) is 0.399. The summed E-state index contributed by atoms with van der Waals surface area (Å²) in [5, 5.41) is 2.19. The van der Waals surface area contributed by atoms with E-state index in [1.807, 2.05) is 25.1 Å². The molecule has 1 N–H and O–H groups in total. The molecule has 7 nitrogen and oxygen atoms in total. The van der Waals surface area contributed by atoms with Gasteiger partial charge in [0, 0.05) is 0 Å². The van der Waals surface area contributed by atoms with Gasteiger partial charge < -0.3 is 9.15 Å². The van der Waals surface area contributed by atoms with Gasteiger partial charge in [-0.15, -0.1) is 0 Å². The van der Waals surface area contributed by atoms with Crippen molar-refractivity contribution in [3.05, 3.63) is 93.4 Å². The molecule has 1 aliphatic heterocycles. The van der Waals surface area contributed by atoms with Gasteiger partial charge in [-0.1, -0.05) is 35.9 Å². The Hall–Kier alpha value is -3.65. The first-order valence-electron chi connectivity index (χ1n) is 9.80. The third kappa shape index (κ3) is 4.81. The van der Waals surface area contributed by atoms with E-state index in [9.17, 15) is 14.4 Å². The molecule has 0 spiro atoms. The fourth-order valence-corrected chi connectivity index (χ4v) is 3.76. The van der Waals surface area contributed by atoms with E-state index in [2.05, 4.69) is 27.3 Å². The number of halogens is 1. The lowest BCUT2D eigenvalue weighted by Gasteiger charge is -2.25. The molecule has 4 amide bonds. The molecule has 0 radical (unpaired) electrons. The predicted molar refractivity (Wildman–Crippen MR) is 120 cm³/mol. The topological polar surface area (TPSA) is 88.8 Å². The minimum absolute atomic E-state index is 0.0717. The summed E-state index contributed by atoms with van der Waals surface area (Å²) in [5.41, 5.74) is 2.66. The number of urea groups is 1. The number of furan rings is 1. The highest BCUT2D eigenvalue weighted by molar-refractivity contribution is 9.10. The molecule has 0 bridgehead atoms. The lowest BCUT2D eigenvalue weighted by Crippen LogP contribution is -2.53. The Morgan fingerprint density at radius 1 is 1.09 bits per heavy atom. The number of carbonyl (C=O) groups is 3. The predicted octanol–water partition coefficient (Wildman–Crippen LogP) is 4.59. The molecule has 0 unspecified atom stereocenters. The summed E-state index contributed by atoms with van der Waals surface area (Å²) in [4.78, 5) is 38.2. The molecule has 1 fully saturated rings.